The minimum atomic E-state index is 0.0556. The number of nitrogens with zero attached hydrogens (tertiary/aromatic N) is 2. The molecule has 0 saturated carbocycles. The van der Waals surface area contributed by atoms with Gasteiger partial charge in [-0.25, -0.2) is 4.68 Å². The van der Waals surface area contributed by atoms with Crippen molar-refractivity contribution in [3.63, 3.8) is 0 Å². The van der Waals surface area contributed by atoms with E-state index in [1.54, 1.807) is 10.9 Å². The first-order valence-corrected chi connectivity index (χ1v) is 5.98. The predicted octanol–water partition coefficient (Wildman–Crippen LogP) is 3.13. The molecule has 0 saturated heterocycles. The van der Waals surface area contributed by atoms with Crippen LogP contribution in [-0.4, -0.2) is 9.78 Å². The van der Waals surface area contributed by atoms with Crippen LogP contribution in [0.25, 0.3) is 0 Å². The molecule has 86 valence electrons. The summed E-state index contributed by atoms with van der Waals surface area (Å²) in [7, 11) is 0. The van der Waals surface area contributed by atoms with Crippen LogP contribution in [0.5, 0.6) is 0 Å². The van der Waals surface area contributed by atoms with Gasteiger partial charge in [0.2, 0.25) is 0 Å². The van der Waals surface area contributed by atoms with Crippen molar-refractivity contribution < 1.29 is 4.42 Å². The number of rotatable bonds is 3. The number of aromatic nitrogens is 2. The highest BCUT2D eigenvalue weighted by atomic mass is 79.9. The minimum absolute atomic E-state index is 0.0556. The zero-order valence-corrected chi connectivity index (χ0v) is 10.9. The van der Waals surface area contributed by atoms with Gasteiger partial charge in [-0.15, -0.1) is 0 Å². The Hall–Kier alpha value is -1.23. The number of anilines is 1. The Kier molecular flexibility index (Phi) is 3.05. The quantitative estimate of drug-likeness (QED) is 0.942. The van der Waals surface area contributed by atoms with Gasteiger partial charge in [-0.3, -0.25) is 0 Å². The Labute approximate surface area is 103 Å². The van der Waals surface area contributed by atoms with E-state index in [4.69, 9.17) is 10.2 Å². The van der Waals surface area contributed by atoms with E-state index < -0.39 is 0 Å². The molecule has 1 atom stereocenters. The lowest BCUT2D eigenvalue weighted by Gasteiger charge is -2.14. The van der Waals surface area contributed by atoms with Crippen molar-refractivity contribution in [3.8, 4) is 0 Å². The monoisotopic (exact) mass is 283 g/mol. The molecule has 0 aliphatic rings. The first-order chi connectivity index (χ1) is 7.65. The minimum Gasteiger partial charge on any atom is -0.467 e. The summed E-state index contributed by atoms with van der Waals surface area (Å²) in [6.07, 6.45) is 2.55. The van der Waals surface area contributed by atoms with Crippen LogP contribution in [0.3, 0.4) is 0 Å². The number of hydrogen-bond acceptors (Lipinski definition) is 3. The van der Waals surface area contributed by atoms with E-state index in [0.29, 0.717) is 5.82 Å². The van der Waals surface area contributed by atoms with E-state index in [-0.39, 0.29) is 6.04 Å². The lowest BCUT2D eigenvalue weighted by atomic mass is 10.2. The summed E-state index contributed by atoms with van der Waals surface area (Å²) < 4.78 is 8.08. The second-order valence-electron chi connectivity index (χ2n) is 3.67. The summed E-state index contributed by atoms with van der Waals surface area (Å²) >= 11 is 3.42. The van der Waals surface area contributed by atoms with Gasteiger partial charge >= 0.3 is 0 Å². The van der Waals surface area contributed by atoms with Crippen molar-refractivity contribution in [2.24, 2.45) is 0 Å². The van der Waals surface area contributed by atoms with Crippen molar-refractivity contribution in [1.82, 2.24) is 9.78 Å². The normalized spacial score (nSPS) is 12.9. The van der Waals surface area contributed by atoms with Gasteiger partial charge < -0.3 is 10.2 Å². The van der Waals surface area contributed by atoms with Crippen LogP contribution in [0, 0.1) is 6.92 Å². The van der Waals surface area contributed by atoms with Crippen LogP contribution in [0.2, 0.25) is 0 Å². The van der Waals surface area contributed by atoms with Gasteiger partial charge in [-0.1, -0.05) is 6.92 Å². The van der Waals surface area contributed by atoms with Crippen LogP contribution in [0.1, 0.15) is 30.8 Å². The molecule has 0 radical (unpaired) electrons. The first-order valence-electron chi connectivity index (χ1n) is 5.18. The lowest BCUT2D eigenvalue weighted by molar-refractivity contribution is 0.400. The zero-order chi connectivity index (χ0) is 11.7. The maximum absolute atomic E-state index is 6.00. The molecule has 1 unspecified atom stereocenters. The fourth-order valence-corrected chi connectivity index (χ4v) is 2.02. The summed E-state index contributed by atoms with van der Waals surface area (Å²) in [6, 6.07) is 3.87. The van der Waals surface area contributed by atoms with Gasteiger partial charge in [0.15, 0.2) is 0 Å². The van der Waals surface area contributed by atoms with Crippen molar-refractivity contribution in [2.45, 2.75) is 26.3 Å². The van der Waals surface area contributed by atoms with Crippen molar-refractivity contribution in [2.75, 3.05) is 5.73 Å². The van der Waals surface area contributed by atoms with Gasteiger partial charge in [0, 0.05) is 0 Å². The Bertz CT molecular complexity index is 476. The zero-order valence-electron chi connectivity index (χ0n) is 9.27. The van der Waals surface area contributed by atoms with E-state index in [0.717, 1.165) is 22.3 Å². The highest BCUT2D eigenvalue weighted by Gasteiger charge is 2.20. The topological polar surface area (TPSA) is 57.0 Å². The Morgan fingerprint density at radius 1 is 1.62 bits per heavy atom. The molecule has 2 aromatic rings. The third-order valence-corrected chi connectivity index (χ3v) is 3.58. The molecule has 0 bridgehead atoms. The molecule has 4 nitrogen and oxygen atoms in total. The lowest BCUT2D eigenvalue weighted by Crippen LogP contribution is -2.13. The largest absolute Gasteiger partial charge is 0.467 e. The first kappa shape index (κ1) is 11.3. The molecule has 0 aromatic carbocycles. The molecule has 5 heteroatoms. The van der Waals surface area contributed by atoms with E-state index in [9.17, 15) is 0 Å². The molecule has 0 spiro atoms. The van der Waals surface area contributed by atoms with Crippen LogP contribution in [0.15, 0.2) is 27.3 Å². The second kappa shape index (κ2) is 4.33. The third-order valence-electron chi connectivity index (χ3n) is 2.60. The molecule has 0 fully saturated rings. The van der Waals surface area contributed by atoms with E-state index in [2.05, 4.69) is 28.0 Å². The fraction of sp³-hybridized carbons (Fsp3) is 0.364. The predicted molar refractivity (Wildman–Crippen MR) is 66.2 cm³/mol. The van der Waals surface area contributed by atoms with Crippen molar-refractivity contribution in [1.29, 1.82) is 0 Å². The number of furan rings is 1. The second-order valence-corrected chi connectivity index (χ2v) is 4.46. The molecule has 0 aliphatic heterocycles. The molecule has 16 heavy (non-hydrogen) atoms. The Morgan fingerprint density at radius 3 is 2.81 bits per heavy atom. The van der Waals surface area contributed by atoms with Gasteiger partial charge in [0.25, 0.3) is 0 Å². The molecule has 2 aromatic heterocycles. The average molecular weight is 284 g/mol. The Morgan fingerprint density at radius 2 is 2.38 bits per heavy atom. The SMILES string of the molecule is CCC(c1ccco1)n1nc(C)c(Br)c1N. The van der Waals surface area contributed by atoms with E-state index >= 15 is 0 Å². The Balaban J connectivity index is 2.45. The van der Waals surface area contributed by atoms with Crippen molar-refractivity contribution in [3.05, 3.63) is 34.3 Å². The smallest absolute Gasteiger partial charge is 0.137 e. The van der Waals surface area contributed by atoms with Gasteiger partial charge in [0.05, 0.1) is 16.4 Å². The number of hydrogen-bond donors (Lipinski definition) is 1. The average Bonchev–Trinajstić information content (AvgIpc) is 2.86. The van der Waals surface area contributed by atoms with Crippen LogP contribution >= 0.6 is 15.9 Å². The number of nitrogens with two attached hydrogens (primary N) is 1. The maximum atomic E-state index is 6.00. The molecular weight excluding hydrogens is 270 g/mol. The molecule has 2 N–H and O–H groups in total. The third kappa shape index (κ3) is 1.75. The number of halogens is 1. The standard InChI is InChI=1S/C11H14BrN3O/c1-3-8(9-5-4-6-16-9)15-11(13)10(12)7(2)14-15/h4-6,8H,3,13H2,1-2H3. The summed E-state index contributed by atoms with van der Waals surface area (Å²) in [4.78, 5) is 0. The molecule has 0 amide bonds. The van der Waals surface area contributed by atoms with E-state index in [1.807, 2.05) is 19.1 Å². The van der Waals surface area contributed by atoms with Crippen LogP contribution in [-0.2, 0) is 0 Å². The summed E-state index contributed by atoms with van der Waals surface area (Å²) in [5.41, 5.74) is 6.89. The summed E-state index contributed by atoms with van der Waals surface area (Å²) in [5.74, 6) is 1.52. The maximum Gasteiger partial charge on any atom is 0.137 e. The van der Waals surface area contributed by atoms with E-state index in [1.165, 1.54) is 0 Å². The van der Waals surface area contributed by atoms with Gasteiger partial charge in [-0.05, 0) is 41.4 Å². The van der Waals surface area contributed by atoms with Crippen LogP contribution < -0.4 is 5.73 Å². The van der Waals surface area contributed by atoms with Crippen molar-refractivity contribution >= 4 is 21.7 Å². The van der Waals surface area contributed by atoms with Gasteiger partial charge in [0.1, 0.15) is 17.6 Å². The highest BCUT2D eigenvalue weighted by Crippen LogP contribution is 2.30. The fourth-order valence-electron chi connectivity index (χ4n) is 1.76. The molecule has 2 rings (SSSR count). The number of nitrogen functional groups attached to an aromatic ring is 1. The van der Waals surface area contributed by atoms with Crippen LogP contribution in [0.4, 0.5) is 5.82 Å². The molecule has 2 heterocycles. The highest BCUT2D eigenvalue weighted by molar-refractivity contribution is 9.10. The molecule has 0 aliphatic carbocycles. The molecular formula is C11H14BrN3O. The summed E-state index contributed by atoms with van der Waals surface area (Å²) in [6.45, 7) is 4.00. The summed E-state index contributed by atoms with van der Waals surface area (Å²) in [5, 5.41) is 4.42. The van der Waals surface area contributed by atoms with Gasteiger partial charge in [-0.2, -0.15) is 5.10 Å². The number of aryl methyl sites for hydroxylation is 1.